The van der Waals surface area contributed by atoms with Gasteiger partial charge in [0.05, 0.1) is 5.38 Å². The molecule has 0 aliphatic heterocycles. The van der Waals surface area contributed by atoms with Crippen molar-refractivity contribution in [1.29, 1.82) is 0 Å². The average molecular weight is 257 g/mol. The molecule has 1 saturated carbocycles. The summed E-state index contributed by atoms with van der Waals surface area (Å²) >= 11 is 1.59. The molecule has 1 aliphatic carbocycles. The Morgan fingerprint density at radius 1 is 1.11 bits per heavy atom. The molecule has 2 aromatic rings. The molecular weight excluding hydrogens is 240 g/mol. The molecule has 1 nitrogen and oxygen atoms in total. The molecule has 0 bridgehead atoms. The van der Waals surface area contributed by atoms with E-state index < -0.39 is 0 Å². The van der Waals surface area contributed by atoms with E-state index in [2.05, 4.69) is 17.5 Å². The second-order valence-corrected chi connectivity index (χ2v) is 5.76. The van der Waals surface area contributed by atoms with Crippen LogP contribution in [0.3, 0.4) is 0 Å². The van der Waals surface area contributed by atoms with Crippen LogP contribution >= 0.6 is 11.3 Å². The SMILES string of the molecule is Oc1ccc(-c2[c]scc2)cc1C1CCCCC1. The molecule has 0 unspecified atom stereocenters. The fraction of sp³-hybridized carbons (Fsp3) is 0.375. The third-order valence-electron chi connectivity index (χ3n) is 3.86. The highest BCUT2D eigenvalue weighted by atomic mass is 32.1. The number of aromatic hydroxyl groups is 1. The van der Waals surface area contributed by atoms with Crippen molar-refractivity contribution in [2.24, 2.45) is 0 Å². The quantitative estimate of drug-likeness (QED) is 0.805. The maximum Gasteiger partial charge on any atom is 0.119 e. The number of thiophene rings is 1. The second-order valence-electron chi connectivity index (χ2n) is 5.04. The van der Waals surface area contributed by atoms with Crippen LogP contribution in [0.1, 0.15) is 43.6 Å². The van der Waals surface area contributed by atoms with Crippen molar-refractivity contribution in [2.45, 2.75) is 38.0 Å². The van der Waals surface area contributed by atoms with E-state index in [0.717, 1.165) is 11.1 Å². The van der Waals surface area contributed by atoms with E-state index in [0.29, 0.717) is 11.7 Å². The van der Waals surface area contributed by atoms with Crippen molar-refractivity contribution >= 4 is 11.3 Å². The van der Waals surface area contributed by atoms with Crippen LogP contribution < -0.4 is 0 Å². The van der Waals surface area contributed by atoms with Crippen LogP contribution in [-0.2, 0) is 0 Å². The summed E-state index contributed by atoms with van der Waals surface area (Å²) in [5.41, 5.74) is 3.44. The predicted molar refractivity (Wildman–Crippen MR) is 76.1 cm³/mol. The highest BCUT2D eigenvalue weighted by molar-refractivity contribution is 7.07. The maximum absolute atomic E-state index is 10.1. The molecule has 1 aromatic carbocycles. The number of rotatable bonds is 2. The lowest BCUT2D eigenvalue weighted by atomic mass is 9.83. The Morgan fingerprint density at radius 2 is 1.94 bits per heavy atom. The molecular formula is C16H17OS. The summed E-state index contributed by atoms with van der Waals surface area (Å²) in [6, 6.07) is 8.07. The first-order chi connectivity index (χ1) is 8.84. The number of benzene rings is 1. The standard InChI is InChI=1S/C16H17OS/c17-16-7-6-13(14-8-9-18-11-14)10-15(16)12-4-2-1-3-5-12/h6-10,12,17H,1-5H2. The largest absolute Gasteiger partial charge is 0.508 e. The molecule has 0 spiro atoms. The Balaban J connectivity index is 1.95. The van der Waals surface area contributed by atoms with Gasteiger partial charge in [-0.3, -0.25) is 0 Å². The molecule has 1 radical (unpaired) electrons. The summed E-state index contributed by atoms with van der Waals surface area (Å²) in [4.78, 5) is 0. The number of hydrogen-bond acceptors (Lipinski definition) is 2. The number of phenolic OH excluding ortho intramolecular Hbond substituents is 1. The zero-order valence-corrected chi connectivity index (χ0v) is 11.2. The monoisotopic (exact) mass is 257 g/mol. The van der Waals surface area contributed by atoms with Crippen LogP contribution in [0.2, 0.25) is 0 Å². The second kappa shape index (κ2) is 5.15. The summed E-state index contributed by atoms with van der Waals surface area (Å²) in [5, 5.41) is 15.4. The number of phenols is 1. The molecule has 0 amide bonds. The topological polar surface area (TPSA) is 20.2 Å². The van der Waals surface area contributed by atoms with E-state index in [1.54, 1.807) is 11.3 Å². The van der Waals surface area contributed by atoms with E-state index in [1.165, 1.54) is 37.7 Å². The van der Waals surface area contributed by atoms with Crippen LogP contribution in [0, 0.1) is 5.38 Å². The summed E-state index contributed by atoms with van der Waals surface area (Å²) in [7, 11) is 0. The molecule has 1 heterocycles. The summed E-state index contributed by atoms with van der Waals surface area (Å²) < 4.78 is 0. The van der Waals surface area contributed by atoms with Crippen LogP contribution in [0.5, 0.6) is 5.75 Å². The van der Waals surface area contributed by atoms with Crippen LogP contribution in [0.25, 0.3) is 11.1 Å². The first kappa shape index (κ1) is 11.8. The molecule has 1 aromatic heterocycles. The Bertz CT molecular complexity index is 510. The van der Waals surface area contributed by atoms with Gasteiger partial charge in [0.25, 0.3) is 0 Å². The maximum atomic E-state index is 10.1. The van der Waals surface area contributed by atoms with Gasteiger partial charge in [-0.1, -0.05) is 25.3 Å². The molecule has 1 N–H and O–H groups in total. The van der Waals surface area contributed by atoms with Crippen molar-refractivity contribution in [3.8, 4) is 16.9 Å². The summed E-state index contributed by atoms with van der Waals surface area (Å²) in [6.45, 7) is 0. The van der Waals surface area contributed by atoms with Crippen molar-refractivity contribution in [3.05, 3.63) is 40.6 Å². The molecule has 93 valence electrons. The van der Waals surface area contributed by atoms with Gasteiger partial charge in [0.2, 0.25) is 0 Å². The number of hydrogen-bond donors (Lipinski definition) is 1. The van der Waals surface area contributed by atoms with Crippen molar-refractivity contribution in [3.63, 3.8) is 0 Å². The Morgan fingerprint density at radius 3 is 2.67 bits per heavy atom. The average Bonchev–Trinajstić information content (AvgIpc) is 2.94. The van der Waals surface area contributed by atoms with Crippen LogP contribution in [-0.4, -0.2) is 5.11 Å². The highest BCUT2D eigenvalue weighted by Crippen LogP contribution is 2.39. The normalized spacial score (nSPS) is 16.9. The smallest absolute Gasteiger partial charge is 0.119 e. The van der Waals surface area contributed by atoms with Gasteiger partial charge < -0.3 is 5.11 Å². The Kier molecular flexibility index (Phi) is 3.37. The Labute approximate surface area is 112 Å². The van der Waals surface area contributed by atoms with E-state index >= 15 is 0 Å². The van der Waals surface area contributed by atoms with Gasteiger partial charge >= 0.3 is 0 Å². The fourth-order valence-electron chi connectivity index (χ4n) is 2.85. The molecule has 18 heavy (non-hydrogen) atoms. The molecule has 0 saturated heterocycles. The van der Waals surface area contributed by atoms with Crippen molar-refractivity contribution in [1.82, 2.24) is 0 Å². The first-order valence-electron chi connectivity index (χ1n) is 6.63. The van der Waals surface area contributed by atoms with Crippen LogP contribution in [0.15, 0.2) is 29.6 Å². The van der Waals surface area contributed by atoms with E-state index in [4.69, 9.17) is 0 Å². The molecule has 3 rings (SSSR count). The highest BCUT2D eigenvalue weighted by Gasteiger charge is 2.19. The van der Waals surface area contributed by atoms with Gasteiger partial charge in [0.1, 0.15) is 5.75 Å². The van der Waals surface area contributed by atoms with E-state index in [1.807, 2.05) is 17.5 Å². The first-order valence-corrected chi connectivity index (χ1v) is 7.51. The molecule has 1 fully saturated rings. The predicted octanol–water partition coefficient (Wildman–Crippen LogP) is 4.97. The Hall–Kier alpha value is -1.28. The zero-order chi connectivity index (χ0) is 12.4. The van der Waals surface area contributed by atoms with Crippen LogP contribution in [0.4, 0.5) is 0 Å². The van der Waals surface area contributed by atoms with Gasteiger partial charge in [-0.2, -0.15) is 0 Å². The minimum absolute atomic E-state index is 0.459. The third-order valence-corrected chi connectivity index (χ3v) is 4.47. The van der Waals surface area contributed by atoms with Gasteiger partial charge in [0, 0.05) is 5.56 Å². The molecule has 2 heteroatoms. The molecule has 1 aliphatic rings. The lowest BCUT2D eigenvalue weighted by molar-refractivity contribution is 0.414. The summed E-state index contributed by atoms with van der Waals surface area (Å²) in [6.07, 6.45) is 6.35. The van der Waals surface area contributed by atoms with Gasteiger partial charge in [-0.25, -0.2) is 0 Å². The lowest BCUT2D eigenvalue weighted by Gasteiger charge is -2.23. The zero-order valence-electron chi connectivity index (χ0n) is 10.4. The minimum atomic E-state index is 0.459. The van der Waals surface area contributed by atoms with E-state index in [9.17, 15) is 5.11 Å². The van der Waals surface area contributed by atoms with E-state index in [-0.39, 0.29) is 0 Å². The van der Waals surface area contributed by atoms with Crippen molar-refractivity contribution in [2.75, 3.05) is 0 Å². The van der Waals surface area contributed by atoms with Gasteiger partial charge in [-0.05, 0) is 53.5 Å². The lowest BCUT2D eigenvalue weighted by Crippen LogP contribution is -2.04. The summed E-state index contributed by atoms with van der Waals surface area (Å²) in [5.74, 6) is 0.998. The fourth-order valence-corrected chi connectivity index (χ4v) is 3.44. The third kappa shape index (κ3) is 2.30. The molecule has 0 atom stereocenters. The van der Waals surface area contributed by atoms with Gasteiger partial charge in [-0.15, -0.1) is 11.3 Å². The minimum Gasteiger partial charge on any atom is -0.508 e. The van der Waals surface area contributed by atoms with Crippen molar-refractivity contribution < 1.29 is 5.11 Å². The van der Waals surface area contributed by atoms with Gasteiger partial charge in [0.15, 0.2) is 0 Å².